The SMILES string of the molecule is CCCC(=O)c1ccc(Br)c(C)c1. The van der Waals surface area contributed by atoms with Crippen LogP contribution in [0, 0.1) is 6.92 Å². The van der Waals surface area contributed by atoms with Crippen molar-refractivity contribution in [3.8, 4) is 0 Å². The molecule has 0 aliphatic rings. The number of halogens is 1. The summed E-state index contributed by atoms with van der Waals surface area (Å²) in [6.45, 7) is 4.01. The van der Waals surface area contributed by atoms with Gasteiger partial charge in [0, 0.05) is 16.5 Å². The quantitative estimate of drug-likeness (QED) is 0.736. The fraction of sp³-hybridized carbons (Fsp3) is 0.364. The second kappa shape index (κ2) is 4.56. The number of aryl methyl sites for hydroxylation is 1. The van der Waals surface area contributed by atoms with Crippen molar-refractivity contribution in [2.24, 2.45) is 0 Å². The Morgan fingerprint density at radius 1 is 1.46 bits per heavy atom. The second-order valence-corrected chi connectivity index (χ2v) is 3.99. The van der Waals surface area contributed by atoms with E-state index in [-0.39, 0.29) is 5.78 Å². The molecule has 0 unspecified atom stereocenters. The Hall–Kier alpha value is -0.630. The van der Waals surface area contributed by atoms with Gasteiger partial charge in [-0.3, -0.25) is 4.79 Å². The molecule has 0 amide bonds. The lowest BCUT2D eigenvalue weighted by Gasteiger charge is -2.02. The van der Waals surface area contributed by atoms with Crippen molar-refractivity contribution < 1.29 is 4.79 Å². The monoisotopic (exact) mass is 240 g/mol. The smallest absolute Gasteiger partial charge is 0.162 e. The van der Waals surface area contributed by atoms with Gasteiger partial charge in [-0.25, -0.2) is 0 Å². The number of ketones is 1. The molecule has 0 aromatic heterocycles. The van der Waals surface area contributed by atoms with Gasteiger partial charge in [-0.15, -0.1) is 0 Å². The molecule has 2 heteroatoms. The molecule has 70 valence electrons. The molecule has 0 radical (unpaired) electrons. The van der Waals surface area contributed by atoms with Gasteiger partial charge in [0.25, 0.3) is 0 Å². The molecule has 0 fully saturated rings. The van der Waals surface area contributed by atoms with Gasteiger partial charge in [0.15, 0.2) is 5.78 Å². The van der Waals surface area contributed by atoms with Crippen LogP contribution in [0.1, 0.15) is 35.7 Å². The van der Waals surface area contributed by atoms with E-state index in [4.69, 9.17) is 0 Å². The molecular weight excluding hydrogens is 228 g/mol. The van der Waals surface area contributed by atoms with Gasteiger partial charge in [0.2, 0.25) is 0 Å². The maximum atomic E-state index is 11.5. The number of rotatable bonds is 3. The van der Waals surface area contributed by atoms with E-state index in [1.165, 1.54) is 0 Å². The third-order valence-electron chi connectivity index (χ3n) is 1.96. The van der Waals surface area contributed by atoms with E-state index in [0.29, 0.717) is 6.42 Å². The molecule has 1 aromatic rings. The summed E-state index contributed by atoms with van der Waals surface area (Å²) in [4.78, 5) is 11.5. The zero-order valence-corrected chi connectivity index (χ0v) is 9.52. The predicted octanol–water partition coefficient (Wildman–Crippen LogP) is 3.74. The second-order valence-electron chi connectivity index (χ2n) is 3.14. The summed E-state index contributed by atoms with van der Waals surface area (Å²) in [6, 6.07) is 5.73. The molecule has 0 saturated carbocycles. The highest BCUT2D eigenvalue weighted by Crippen LogP contribution is 2.18. The first-order valence-electron chi connectivity index (χ1n) is 4.44. The normalized spacial score (nSPS) is 10.1. The summed E-state index contributed by atoms with van der Waals surface area (Å²) in [5, 5.41) is 0. The zero-order chi connectivity index (χ0) is 9.84. The van der Waals surface area contributed by atoms with Crippen LogP contribution in [0.5, 0.6) is 0 Å². The first-order chi connectivity index (χ1) is 6.15. The highest BCUT2D eigenvalue weighted by molar-refractivity contribution is 9.10. The molecule has 0 aliphatic carbocycles. The molecule has 1 rings (SSSR count). The van der Waals surface area contributed by atoms with Crippen LogP contribution in [-0.2, 0) is 0 Å². The van der Waals surface area contributed by atoms with Gasteiger partial charge in [0.1, 0.15) is 0 Å². The Labute approximate surface area is 87.3 Å². The summed E-state index contributed by atoms with van der Waals surface area (Å²) < 4.78 is 1.06. The number of benzene rings is 1. The van der Waals surface area contributed by atoms with Crippen LogP contribution >= 0.6 is 15.9 Å². The summed E-state index contributed by atoms with van der Waals surface area (Å²) in [5.74, 6) is 0.234. The van der Waals surface area contributed by atoms with Gasteiger partial charge in [-0.1, -0.05) is 28.9 Å². The Kier molecular flexibility index (Phi) is 3.67. The van der Waals surface area contributed by atoms with Gasteiger partial charge >= 0.3 is 0 Å². The molecule has 1 aromatic carbocycles. The average Bonchev–Trinajstić information content (AvgIpc) is 2.10. The highest BCUT2D eigenvalue weighted by atomic mass is 79.9. The number of hydrogen-bond donors (Lipinski definition) is 0. The summed E-state index contributed by atoms with van der Waals surface area (Å²) in [6.07, 6.45) is 1.55. The van der Waals surface area contributed by atoms with E-state index in [9.17, 15) is 4.79 Å². The molecule has 0 N–H and O–H groups in total. The van der Waals surface area contributed by atoms with Crippen LogP contribution < -0.4 is 0 Å². The molecule has 0 saturated heterocycles. The van der Waals surface area contributed by atoms with Crippen LogP contribution in [-0.4, -0.2) is 5.78 Å². The third kappa shape index (κ3) is 2.66. The van der Waals surface area contributed by atoms with E-state index >= 15 is 0 Å². The third-order valence-corrected chi connectivity index (χ3v) is 2.85. The lowest BCUT2D eigenvalue weighted by molar-refractivity contribution is 0.0981. The van der Waals surface area contributed by atoms with Crippen LogP contribution in [0.3, 0.4) is 0 Å². The average molecular weight is 241 g/mol. The first-order valence-corrected chi connectivity index (χ1v) is 5.23. The van der Waals surface area contributed by atoms with Crippen molar-refractivity contribution >= 4 is 21.7 Å². The van der Waals surface area contributed by atoms with Crippen LogP contribution in [0.2, 0.25) is 0 Å². The zero-order valence-electron chi connectivity index (χ0n) is 7.93. The minimum Gasteiger partial charge on any atom is -0.294 e. The first kappa shape index (κ1) is 10.5. The molecule has 1 nitrogen and oxygen atoms in total. The standard InChI is InChI=1S/C11H13BrO/c1-3-4-11(13)9-5-6-10(12)8(2)7-9/h5-7H,3-4H2,1-2H3. The lowest BCUT2D eigenvalue weighted by atomic mass is 10.1. The molecule has 0 aliphatic heterocycles. The molecular formula is C11H13BrO. The molecule has 0 bridgehead atoms. The highest BCUT2D eigenvalue weighted by Gasteiger charge is 2.05. The van der Waals surface area contributed by atoms with Crippen LogP contribution in [0.4, 0.5) is 0 Å². The van der Waals surface area contributed by atoms with Crippen molar-refractivity contribution in [1.29, 1.82) is 0 Å². The maximum absolute atomic E-state index is 11.5. The number of Topliss-reactive ketones (excluding diaryl/α,β-unsaturated/α-hetero) is 1. The van der Waals surface area contributed by atoms with E-state index in [1.807, 2.05) is 32.0 Å². The molecule has 0 heterocycles. The Bertz CT molecular complexity index is 318. The van der Waals surface area contributed by atoms with Crippen molar-refractivity contribution in [1.82, 2.24) is 0 Å². The van der Waals surface area contributed by atoms with Crippen molar-refractivity contribution in [2.75, 3.05) is 0 Å². The minimum absolute atomic E-state index is 0.234. The summed E-state index contributed by atoms with van der Waals surface area (Å²) in [5.41, 5.74) is 1.93. The Morgan fingerprint density at radius 2 is 2.15 bits per heavy atom. The largest absolute Gasteiger partial charge is 0.294 e. The lowest BCUT2D eigenvalue weighted by Crippen LogP contribution is -1.98. The predicted molar refractivity (Wildman–Crippen MR) is 58.1 cm³/mol. The number of carbonyl (C=O) groups excluding carboxylic acids is 1. The van der Waals surface area contributed by atoms with Crippen LogP contribution in [0.15, 0.2) is 22.7 Å². The van der Waals surface area contributed by atoms with Crippen molar-refractivity contribution in [3.63, 3.8) is 0 Å². The number of carbonyl (C=O) groups is 1. The van der Waals surface area contributed by atoms with Gasteiger partial charge in [-0.05, 0) is 31.0 Å². The number of hydrogen-bond acceptors (Lipinski definition) is 1. The van der Waals surface area contributed by atoms with Crippen molar-refractivity contribution in [2.45, 2.75) is 26.7 Å². The van der Waals surface area contributed by atoms with Gasteiger partial charge < -0.3 is 0 Å². The van der Waals surface area contributed by atoms with E-state index in [0.717, 1.165) is 22.0 Å². The topological polar surface area (TPSA) is 17.1 Å². The Morgan fingerprint density at radius 3 is 2.69 bits per heavy atom. The Balaban J connectivity index is 2.90. The van der Waals surface area contributed by atoms with Crippen molar-refractivity contribution in [3.05, 3.63) is 33.8 Å². The van der Waals surface area contributed by atoms with Crippen LogP contribution in [0.25, 0.3) is 0 Å². The molecule has 0 atom stereocenters. The fourth-order valence-corrected chi connectivity index (χ4v) is 1.44. The summed E-state index contributed by atoms with van der Waals surface area (Å²) in [7, 11) is 0. The summed E-state index contributed by atoms with van der Waals surface area (Å²) >= 11 is 3.41. The van der Waals surface area contributed by atoms with Gasteiger partial charge in [0.05, 0.1) is 0 Å². The molecule has 13 heavy (non-hydrogen) atoms. The van der Waals surface area contributed by atoms with E-state index < -0.39 is 0 Å². The minimum atomic E-state index is 0.234. The van der Waals surface area contributed by atoms with Gasteiger partial charge in [-0.2, -0.15) is 0 Å². The van der Waals surface area contributed by atoms with E-state index in [1.54, 1.807) is 0 Å². The maximum Gasteiger partial charge on any atom is 0.162 e. The molecule has 0 spiro atoms. The fourth-order valence-electron chi connectivity index (χ4n) is 1.19. The van der Waals surface area contributed by atoms with E-state index in [2.05, 4.69) is 15.9 Å².